The van der Waals surface area contributed by atoms with Crippen LogP contribution in [-0.4, -0.2) is 52.6 Å². The molecule has 0 spiro atoms. The van der Waals surface area contributed by atoms with Gasteiger partial charge in [0.05, 0.1) is 27.9 Å². The van der Waals surface area contributed by atoms with Crippen molar-refractivity contribution in [3.8, 4) is 5.75 Å². The summed E-state index contributed by atoms with van der Waals surface area (Å²) in [4.78, 5) is 10.6. The van der Waals surface area contributed by atoms with E-state index in [1.54, 1.807) is 24.4 Å². The second kappa shape index (κ2) is 10.1. The molecule has 3 aromatic rings. The summed E-state index contributed by atoms with van der Waals surface area (Å²) in [5.41, 5.74) is 8.68. The van der Waals surface area contributed by atoms with E-state index in [1.807, 2.05) is 12.1 Å². The lowest BCUT2D eigenvalue weighted by molar-refractivity contribution is 0.232. The van der Waals surface area contributed by atoms with Crippen LogP contribution in [0.25, 0.3) is 0 Å². The zero-order chi connectivity index (χ0) is 24.3. The van der Waals surface area contributed by atoms with E-state index in [2.05, 4.69) is 27.1 Å². The van der Waals surface area contributed by atoms with Crippen molar-refractivity contribution in [3.05, 3.63) is 75.7 Å². The number of halogens is 2. The van der Waals surface area contributed by atoms with Crippen LogP contribution in [0.3, 0.4) is 0 Å². The lowest BCUT2D eigenvalue weighted by Gasteiger charge is -2.49. The molecule has 0 amide bonds. The molecule has 0 bridgehead atoms. The molecule has 1 fully saturated rings. The van der Waals surface area contributed by atoms with E-state index in [-0.39, 0.29) is 24.5 Å². The highest BCUT2D eigenvalue weighted by atomic mass is 35.5. The average Bonchev–Trinajstić information content (AvgIpc) is 2.81. The first-order valence-electron chi connectivity index (χ1n) is 10.8. The second-order valence-corrected chi connectivity index (χ2v) is 9.28. The number of aliphatic hydroxyl groups is 1. The molecule has 0 atom stereocenters. The van der Waals surface area contributed by atoms with E-state index < -0.39 is 0 Å². The molecule has 0 aliphatic carbocycles. The van der Waals surface area contributed by atoms with Crippen LogP contribution in [0.4, 0.5) is 11.5 Å². The molecule has 10 heteroatoms. The fourth-order valence-corrected chi connectivity index (χ4v) is 4.35. The van der Waals surface area contributed by atoms with Gasteiger partial charge in [-0.15, -0.1) is 0 Å². The number of nitrogen functional groups attached to an aromatic ring is 1. The quantitative estimate of drug-likeness (QED) is 0.262. The summed E-state index contributed by atoms with van der Waals surface area (Å²) in [7, 11) is 0. The maximum Gasteiger partial charge on any atom is 0.128 e. The van der Waals surface area contributed by atoms with Gasteiger partial charge < -0.3 is 25.8 Å². The lowest BCUT2D eigenvalue weighted by Crippen LogP contribution is -2.68. The Balaban J connectivity index is 1.43. The number of β-amino-alcohol motifs (C(OH)–C–C–N with tert-alkyl or cyclic N) is 1. The molecule has 1 aliphatic rings. The molecule has 3 heterocycles. The van der Waals surface area contributed by atoms with E-state index in [9.17, 15) is 0 Å². The van der Waals surface area contributed by atoms with Gasteiger partial charge in [0.25, 0.3) is 0 Å². The number of pyridine rings is 2. The van der Waals surface area contributed by atoms with E-state index in [0.717, 1.165) is 18.9 Å². The second-order valence-electron chi connectivity index (χ2n) is 8.47. The number of benzene rings is 1. The summed E-state index contributed by atoms with van der Waals surface area (Å²) in [6.07, 6.45) is 4.70. The first-order chi connectivity index (χ1) is 16.3. The molecule has 1 aliphatic heterocycles. The number of nitrogens with two attached hydrogens (primary N) is 1. The van der Waals surface area contributed by atoms with Crippen molar-refractivity contribution in [2.24, 2.45) is 0 Å². The zero-order valence-electron chi connectivity index (χ0n) is 18.7. The Morgan fingerprint density at radius 3 is 2.59 bits per heavy atom. The third-order valence-corrected chi connectivity index (χ3v) is 6.38. The molecule has 0 radical (unpaired) electrons. The Hall–Kier alpha value is -2.91. The van der Waals surface area contributed by atoms with Gasteiger partial charge in [-0.2, -0.15) is 0 Å². The summed E-state index contributed by atoms with van der Waals surface area (Å²) in [6, 6.07) is 8.94. The Labute approximate surface area is 208 Å². The highest BCUT2D eigenvalue weighted by molar-refractivity contribution is 6.35. The maximum atomic E-state index is 9.01. The number of rotatable bonds is 9. The third kappa shape index (κ3) is 5.26. The predicted molar refractivity (Wildman–Crippen MR) is 135 cm³/mol. The van der Waals surface area contributed by atoms with Gasteiger partial charge in [0, 0.05) is 60.6 Å². The van der Waals surface area contributed by atoms with Gasteiger partial charge in [0.15, 0.2) is 0 Å². The minimum atomic E-state index is -0.0323. The summed E-state index contributed by atoms with van der Waals surface area (Å²) in [6.45, 7) is 4.57. The number of nitrogens with one attached hydrogen (secondary N) is 2. The van der Waals surface area contributed by atoms with Crippen molar-refractivity contribution < 1.29 is 9.84 Å². The van der Waals surface area contributed by atoms with E-state index in [0.29, 0.717) is 44.7 Å². The first kappa shape index (κ1) is 24.2. The smallest absolute Gasteiger partial charge is 0.128 e. The fraction of sp³-hybridized carbons (Fsp3) is 0.292. The monoisotopic (exact) mass is 500 g/mol. The first-order valence-corrected chi connectivity index (χ1v) is 11.5. The van der Waals surface area contributed by atoms with Crippen molar-refractivity contribution in [2.75, 3.05) is 36.9 Å². The van der Waals surface area contributed by atoms with Crippen molar-refractivity contribution in [2.45, 2.75) is 19.1 Å². The summed E-state index contributed by atoms with van der Waals surface area (Å²) in [5, 5.41) is 21.9. The number of hydrogen-bond acceptors (Lipinski definition) is 8. The van der Waals surface area contributed by atoms with Crippen molar-refractivity contribution in [1.29, 1.82) is 5.41 Å². The van der Waals surface area contributed by atoms with E-state index in [1.165, 1.54) is 12.4 Å². The standard InChI is InChI=1S/C24H26Cl2N6O2/c1-24(31-6-7-33)13-32(14-24)22-5-2-15(9-30-22)23(28)17-8-16(3-4-21(17)27)34-12-18-19(25)10-29-11-20(18)26/h2-5,8-11,28,31,33H,6-7,12-14,27H2,1H3. The topological polar surface area (TPSA) is 120 Å². The van der Waals surface area contributed by atoms with Crippen LogP contribution in [0.5, 0.6) is 5.75 Å². The number of anilines is 2. The molecule has 0 saturated carbocycles. The normalized spacial score (nSPS) is 14.5. The molecule has 8 nitrogen and oxygen atoms in total. The lowest BCUT2D eigenvalue weighted by atomic mass is 9.92. The van der Waals surface area contributed by atoms with Crippen LogP contribution in [-0.2, 0) is 6.61 Å². The van der Waals surface area contributed by atoms with E-state index >= 15 is 0 Å². The minimum absolute atomic E-state index is 0.0323. The molecular weight excluding hydrogens is 475 g/mol. The molecule has 1 saturated heterocycles. The Bertz CT molecular complexity index is 1160. The molecule has 178 valence electrons. The number of hydrogen-bond donors (Lipinski definition) is 4. The number of aromatic nitrogens is 2. The minimum Gasteiger partial charge on any atom is -0.489 e. The summed E-state index contributed by atoms with van der Waals surface area (Å²) < 4.78 is 5.86. The highest BCUT2D eigenvalue weighted by Gasteiger charge is 2.38. The van der Waals surface area contributed by atoms with Crippen LogP contribution in [0, 0.1) is 5.41 Å². The molecule has 2 aromatic heterocycles. The Morgan fingerprint density at radius 2 is 1.94 bits per heavy atom. The summed E-state index contributed by atoms with van der Waals surface area (Å²) >= 11 is 12.3. The number of ether oxygens (including phenoxy) is 1. The largest absolute Gasteiger partial charge is 0.489 e. The number of nitrogens with zero attached hydrogens (tertiary/aromatic N) is 3. The number of aliphatic hydroxyl groups excluding tert-OH is 1. The third-order valence-electron chi connectivity index (χ3n) is 5.73. The Morgan fingerprint density at radius 1 is 1.21 bits per heavy atom. The predicted octanol–water partition coefficient (Wildman–Crippen LogP) is 3.52. The fourth-order valence-electron chi connectivity index (χ4n) is 3.88. The Kier molecular flexibility index (Phi) is 7.23. The summed E-state index contributed by atoms with van der Waals surface area (Å²) in [5.74, 6) is 1.38. The SMILES string of the molecule is CC1(NCCO)CN(c2ccc(C(=N)c3cc(OCc4c(Cl)cncc4Cl)ccc3N)cn2)C1. The van der Waals surface area contributed by atoms with Gasteiger partial charge >= 0.3 is 0 Å². The van der Waals surface area contributed by atoms with Crippen LogP contribution in [0.1, 0.15) is 23.6 Å². The van der Waals surface area contributed by atoms with Crippen molar-refractivity contribution in [3.63, 3.8) is 0 Å². The average molecular weight is 501 g/mol. The van der Waals surface area contributed by atoms with Crippen molar-refractivity contribution in [1.82, 2.24) is 15.3 Å². The maximum absolute atomic E-state index is 9.01. The van der Waals surface area contributed by atoms with Gasteiger partial charge in [0.2, 0.25) is 0 Å². The molecule has 0 unspecified atom stereocenters. The van der Waals surface area contributed by atoms with Crippen LogP contribution < -0.4 is 20.7 Å². The van der Waals surface area contributed by atoms with Crippen molar-refractivity contribution >= 4 is 40.4 Å². The molecule has 4 rings (SSSR count). The van der Waals surface area contributed by atoms with Gasteiger partial charge in [-0.25, -0.2) is 4.98 Å². The highest BCUT2D eigenvalue weighted by Crippen LogP contribution is 2.29. The molecule has 5 N–H and O–H groups in total. The van der Waals surface area contributed by atoms with E-state index in [4.69, 9.17) is 44.2 Å². The zero-order valence-corrected chi connectivity index (χ0v) is 20.2. The molecule has 1 aromatic carbocycles. The van der Waals surface area contributed by atoms with Gasteiger partial charge in [-0.05, 0) is 37.3 Å². The van der Waals surface area contributed by atoms with Gasteiger partial charge in [-0.3, -0.25) is 10.4 Å². The van der Waals surface area contributed by atoms with Crippen LogP contribution in [0.15, 0.2) is 48.9 Å². The van der Waals surface area contributed by atoms with Crippen LogP contribution in [0.2, 0.25) is 10.0 Å². The van der Waals surface area contributed by atoms with Gasteiger partial charge in [-0.1, -0.05) is 23.2 Å². The molecular formula is C24H26Cl2N6O2. The van der Waals surface area contributed by atoms with Gasteiger partial charge in [0.1, 0.15) is 18.2 Å². The molecule has 34 heavy (non-hydrogen) atoms. The van der Waals surface area contributed by atoms with Crippen LogP contribution >= 0.6 is 23.2 Å².